The molecule has 1 aliphatic rings. The lowest BCUT2D eigenvalue weighted by Crippen LogP contribution is -2.17. The first kappa shape index (κ1) is 48.2. The normalized spacial score (nSPS) is 16.9. The SMILES string of the molecule is CC[C@H]1/C(c2ccccc2-c2ccc(-c3nc(-c4ccccc4)cc(-c4ccccc4)n3)c(-c3ccc(-c4cccc5oc6ccccc6c45)cc3)c2)=C/CC(C)/C(c2ccccc2)=C\C1c1cccc(-c2ccccc2)c1. The van der Waals surface area contributed by atoms with Crippen LogP contribution in [0.25, 0.3) is 111 Å². The number of hydrogen-bond donors (Lipinski definition) is 0. The van der Waals surface area contributed by atoms with E-state index in [1.165, 1.54) is 44.5 Å². The van der Waals surface area contributed by atoms with Crippen molar-refractivity contribution in [1.82, 2.24) is 9.97 Å². The van der Waals surface area contributed by atoms with Gasteiger partial charge in [0, 0.05) is 33.4 Å². The fourth-order valence-electron chi connectivity index (χ4n) is 12.0. The van der Waals surface area contributed by atoms with E-state index in [9.17, 15) is 0 Å². The van der Waals surface area contributed by atoms with Crippen molar-refractivity contribution in [1.29, 1.82) is 0 Å². The summed E-state index contributed by atoms with van der Waals surface area (Å²) in [6, 6.07) is 93.9. The maximum absolute atomic E-state index is 6.35. The Hall–Kier alpha value is -9.44. The predicted octanol–water partition coefficient (Wildman–Crippen LogP) is 20.4. The molecular formula is C75H58N2O. The maximum Gasteiger partial charge on any atom is 0.161 e. The number of rotatable bonds is 11. The molecule has 0 radical (unpaired) electrons. The summed E-state index contributed by atoms with van der Waals surface area (Å²) in [6.45, 7) is 4.77. The first-order valence-corrected chi connectivity index (χ1v) is 27.4. The van der Waals surface area contributed by atoms with Gasteiger partial charge in [-0.05, 0) is 127 Å². The van der Waals surface area contributed by atoms with Crippen molar-refractivity contribution in [2.24, 2.45) is 11.8 Å². The number of allylic oxidation sites excluding steroid dienone is 4. The van der Waals surface area contributed by atoms with Crippen LogP contribution in [-0.4, -0.2) is 9.97 Å². The van der Waals surface area contributed by atoms with Crippen molar-refractivity contribution in [2.45, 2.75) is 32.6 Å². The van der Waals surface area contributed by atoms with E-state index >= 15 is 0 Å². The standard InChI is InChI=1S/C75H58N2O/c1-3-60-64(44-38-50(2)67(52-24-10-5-11-25-52)48-69(60)58-31-20-30-57(46-58)51-22-8-4-9-23-51)63-33-17-16-32-61(63)59-43-45-65(75-76-70(55-26-12-6-13-27-55)49-71(77-75)56-28-14-7-15-29-56)68(47-59)54-41-39-53(40-42-54)62-35-21-37-73-74(62)66-34-18-19-36-72(66)78-73/h4-37,39-50,60,69H,3,38H2,1-2H3/b64-44-,67-48+/t50?,60-,69?/m0/s1. The molecule has 12 aromatic rings. The molecule has 3 nitrogen and oxygen atoms in total. The smallest absolute Gasteiger partial charge is 0.161 e. The minimum Gasteiger partial charge on any atom is -0.456 e. The van der Waals surface area contributed by atoms with Crippen LogP contribution < -0.4 is 0 Å². The second-order valence-corrected chi connectivity index (χ2v) is 20.7. The highest BCUT2D eigenvalue weighted by molar-refractivity contribution is 6.12. The van der Waals surface area contributed by atoms with Gasteiger partial charge in [0.2, 0.25) is 0 Å². The molecule has 0 fully saturated rings. The van der Waals surface area contributed by atoms with Crippen molar-refractivity contribution in [3.8, 4) is 78.4 Å². The fourth-order valence-corrected chi connectivity index (χ4v) is 12.0. The van der Waals surface area contributed by atoms with E-state index in [2.05, 4.69) is 275 Å². The molecule has 0 amide bonds. The molecule has 10 aromatic carbocycles. The van der Waals surface area contributed by atoms with Crippen LogP contribution in [0.3, 0.4) is 0 Å². The van der Waals surface area contributed by atoms with E-state index in [-0.39, 0.29) is 11.8 Å². The van der Waals surface area contributed by atoms with E-state index in [1.54, 1.807) is 0 Å². The average Bonchev–Trinajstić information content (AvgIpc) is 3.95. The Morgan fingerprint density at radius 2 is 0.936 bits per heavy atom. The first-order valence-electron chi connectivity index (χ1n) is 27.4. The van der Waals surface area contributed by atoms with Gasteiger partial charge < -0.3 is 4.42 Å². The van der Waals surface area contributed by atoms with Crippen LogP contribution in [0.4, 0.5) is 0 Å². The van der Waals surface area contributed by atoms with Crippen molar-refractivity contribution in [3.63, 3.8) is 0 Å². The minimum absolute atomic E-state index is 0.117. The van der Waals surface area contributed by atoms with E-state index in [0.29, 0.717) is 11.7 Å². The van der Waals surface area contributed by atoms with Gasteiger partial charge in [-0.2, -0.15) is 0 Å². The lowest BCUT2D eigenvalue weighted by Gasteiger charge is -2.33. The van der Waals surface area contributed by atoms with Crippen molar-refractivity contribution >= 4 is 33.1 Å². The van der Waals surface area contributed by atoms with Gasteiger partial charge in [0.25, 0.3) is 0 Å². The molecule has 2 unspecified atom stereocenters. The third kappa shape index (κ3) is 9.39. The average molecular weight is 1000 g/mol. The van der Waals surface area contributed by atoms with Gasteiger partial charge in [-0.15, -0.1) is 0 Å². The first-order chi connectivity index (χ1) is 38.5. The summed E-state index contributed by atoms with van der Waals surface area (Å²) in [5.74, 6) is 1.28. The molecule has 374 valence electrons. The van der Waals surface area contributed by atoms with Crippen LogP contribution in [0.15, 0.2) is 277 Å². The van der Waals surface area contributed by atoms with Gasteiger partial charge >= 0.3 is 0 Å². The van der Waals surface area contributed by atoms with Crippen molar-refractivity contribution in [3.05, 3.63) is 290 Å². The van der Waals surface area contributed by atoms with E-state index in [0.717, 1.165) is 90.7 Å². The Morgan fingerprint density at radius 1 is 0.397 bits per heavy atom. The molecule has 0 bridgehead atoms. The summed E-state index contributed by atoms with van der Waals surface area (Å²) in [6.07, 6.45) is 7.08. The van der Waals surface area contributed by atoms with Gasteiger partial charge in [0.05, 0.1) is 11.4 Å². The van der Waals surface area contributed by atoms with Crippen molar-refractivity contribution in [2.75, 3.05) is 0 Å². The predicted molar refractivity (Wildman–Crippen MR) is 327 cm³/mol. The number of hydrogen-bond acceptors (Lipinski definition) is 3. The second-order valence-electron chi connectivity index (χ2n) is 20.7. The van der Waals surface area contributed by atoms with Gasteiger partial charge in [-0.3, -0.25) is 0 Å². The largest absolute Gasteiger partial charge is 0.456 e. The quantitative estimate of drug-likeness (QED) is 0.130. The molecule has 2 aromatic heterocycles. The number of aromatic nitrogens is 2. The van der Waals surface area contributed by atoms with E-state index in [4.69, 9.17) is 14.4 Å². The molecule has 0 saturated carbocycles. The zero-order chi connectivity index (χ0) is 52.4. The zero-order valence-electron chi connectivity index (χ0n) is 43.9. The Bertz CT molecular complexity index is 4100. The molecular weight excluding hydrogens is 945 g/mol. The summed E-state index contributed by atoms with van der Waals surface area (Å²) in [5, 5.41) is 2.24. The number of nitrogens with zero attached hydrogens (tertiary/aromatic N) is 2. The van der Waals surface area contributed by atoms with Crippen LogP contribution in [0.1, 0.15) is 49.3 Å². The van der Waals surface area contributed by atoms with E-state index < -0.39 is 0 Å². The highest BCUT2D eigenvalue weighted by atomic mass is 16.3. The molecule has 3 atom stereocenters. The van der Waals surface area contributed by atoms with Crippen LogP contribution >= 0.6 is 0 Å². The summed E-state index contributed by atoms with van der Waals surface area (Å²) >= 11 is 0. The van der Waals surface area contributed by atoms with Gasteiger partial charge in [-0.1, -0.05) is 257 Å². The fraction of sp³-hybridized carbons (Fsp3) is 0.0933. The lowest BCUT2D eigenvalue weighted by molar-refractivity contribution is 0.570. The number of furan rings is 1. The highest BCUT2D eigenvalue weighted by Crippen LogP contribution is 2.48. The summed E-state index contributed by atoms with van der Waals surface area (Å²) in [4.78, 5) is 10.8. The third-order valence-electron chi connectivity index (χ3n) is 15.9. The number of benzene rings is 10. The monoisotopic (exact) mass is 1000 g/mol. The summed E-state index contributed by atoms with van der Waals surface area (Å²) in [5.41, 5.74) is 22.5. The molecule has 0 spiro atoms. The summed E-state index contributed by atoms with van der Waals surface area (Å²) < 4.78 is 6.35. The number of para-hydroxylation sites is 1. The molecule has 2 heterocycles. The Balaban J connectivity index is 0.976. The second kappa shape index (κ2) is 21.3. The topological polar surface area (TPSA) is 38.9 Å². The number of fused-ring (bicyclic) bond motifs is 3. The van der Waals surface area contributed by atoms with Gasteiger partial charge in [0.15, 0.2) is 5.82 Å². The summed E-state index contributed by atoms with van der Waals surface area (Å²) in [7, 11) is 0. The highest BCUT2D eigenvalue weighted by Gasteiger charge is 2.30. The molecule has 0 aliphatic heterocycles. The van der Waals surface area contributed by atoms with E-state index in [1.807, 2.05) is 12.1 Å². The molecule has 0 N–H and O–H groups in total. The maximum atomic E-state index is 6.35. The molecule has 78 heavy (non-hydrogen) atoms. The minimum atomic E-state index is 0.117. The van der Waals surface area contributed by atoms with Crippen molar-refractivity contribution < 1.29 is 4.42 Å². The zero-order valence-corrected chi connectivity index (χ0v) is 43.9. The lowest BCUT2D eigenvalue weighted by atomic mass is 9.71. The van der Waals surface area contributed by atoms with Crippen LogP contribution in [-0.2, 0) is 0 Å². The molecule has 13 rings (SSSR count). The Kier molecular flexibility index (Phi) is 13.2. The van der Waals surface area contributed by atoms with Gasteiger partial charge in [0.1, 0.15) is 11.2 Å². The van der Waals surface area contributed by atoms with Crippen LogP contribution in [0.2, 0.25) is 0 Å². The van der Waals surface area contributed by atoms with Crippen LogP contribution in [0.5, 0.6) is 0 Å². The Labute approximate surface area is 457 Å². The Morgan fingerprint density at radius 3 is 1.62 bits per heavy atom. The van der Waals surface area contributed by atoms with Crippen LogP contribution in [0, 0.1) is 11.8 Å². The molecule has 0 saturated heterocycles. The molecule has 3 heteroatoms. The van der Waals surface area contributed by atoms with Gasteiger partial charge in [-0.25, -0.2) is 9.97 Å². The third-order valence-corrected chi connectivity index (χ3v) is 15.9. The molecule has 1 aliphatic carbocycles.